The maximum absolute atomic E-state index is 11.2. The Kier molecular flexibility index (Phi) is 8.35. The zero-order chi connectivity index (χ0) is 24.1. The van der Waals surface area contributed by atoms with Crippen LogP contribution in [0.15, 0.2) is 24.3 Å². The van der Waals surface area contributed by atoms with Gasteiger partial charge in [-0.2, -0.15) is 0 Å². The number of hydrogen-bond donors (Lipinski definition) is 0. The molecule has 1 amide bonds. The Balaban J connectivity index is 0.000000439. The highest BCUT2D eigenvalue weighted by atomic mass is 35.5. The molecule has 1 saturated heterocycles. The van der Waals surface area contributed by atoms with Gasteiger partial charge >= 0.3 is 0 Å². The van der Waals surface area contributed by atoms with Crippen molar-refractivity contribution < 1.29 is 19.2 Å². The maximum Gasteiger partial charge on any atom is 0.272 e. The molecule has 0 bridgehead atoms. The smallest absolute Gasteiger partial charge is 0.272 e. The average Bonchev–Trinajstić information content (AvgIpc) is 3.24. The standard InChI is InChI=1S/C19H24ClNO4.C5H9NO/c1-12-7-13-9-16(24-6)17(10-14(13)8-15(12)21(22)23)25-11-18(2,3)19(4,5)20;7-5-6-3-1-2-4-6/h7-10H,11H2,1-6H3;5H,1-4H2. The molecule has 0 saturated carbocycles. The van der Waals surface area contributed by atoms with E-state index in [0.29, 0.717) is 23.7 Å². The lowest BCUT2D eigenvalue weighted by Crippen LogP contribution is -2.38. The molecule has 0 radical (unpaired) electrons. The van der Waals surface area contributed by atoms with Crippen LogP contribution in [0.25, 0.3) is 10.8 Å². The third-order valence-electron chi connectivity index (χ3n) is 6.12. The molecule has 0 unspecified atom stereocenters. The Labute approximate surface area is 194 Å². The van der Waals surface area contributed by atoms with Gasteiger partial charge in [0.15, 0.2) is 11.5 Å². The number of carbonyl (C=O) groups is 1. The van der Waals surface area contributed by atoms with Crippen molar-refractivity contribution in [3.63, 3.8) is 0 Å². The predicted octanol–water partition coefficient (Wildman–Crippen LogP) is 5.73. The van der Waals surface area contributed by atoms with E-state index in [4.69, 9.17) is 21.1 Å². The highest BCUT2D eigenvalue weighted by molar-refractivity contribution is 6.23. The first-order valence-electron chi connectivity index (χ1n) is 10.7. The molecule has 0 spiro atoms. The Bertz CT molecular complexity index is 963. The monoisotopic (exact) mass is 464 g/mol. The summed E-state index contributed by atoms with van der Waals surface area (Å²) in [6, 6.07) is 6.96. The van der Waals surface area contributed by atoms with Gasteiger partial charge in [0.25, 0.3) is 5.69 Å². The third kappa shape index (κ3) is 6.25. The van der Waals surface area contributed by atoms with Crippen LogP contribution in [0, 0.1) is 22.5 Å². The predicted molar refractivity (Wildman–Crippen MR) is 128 cm³/mol. The SMILES string of the molecule is COc1cc2cc(C)c([N+](=O)[O-])cc2cc1OCC(C)(C)C(C)(C)Cl.O=CN1CCCC1. The summed E-state index contributed by atoms with van der Waals surface area (Å²) in [5, 5.41) is 12.8. The lowest BCUT2D eigenvalue weighted by Gasteiger charge is -2.36. The molecule has 0 N–H and O–H groups in total. The van der Waals surface area contributed by atoms with Crippen LogP contribution in [-0.4, -0.2) is 47.9 Å². The summed E-state index contributed by atoms with van der Waals surface area (Å²) < 4.78 is 11.4. The number of rotatable bonds is 7. The summed E-state index contributed by atoms with van der Waals surface area (Å²) in [6.45, 7) is 12.0. The van der Waals surface area contributed by atoms with Crippen LogP contribution in [0.2, 0.25) is 0 Å². The van der Waals surface area contributed by atoms with Gasteiger partial charge < -0.3 is 14.4 Å². The summed E-state index contributed by atoms with van der Waals surface area (Å²) in [6.07, 6.45) is 3.31. The molecule has 0 aliphatic carbocycles. The van der Waals surface area contributed by atoms with Gasteiger partial charge in [0, 0.05) is 35.0 Å². The number of alkyl halides is 1. The Morgan fingerprint density at radius 1 is 1.09 bits per heavy atom. The average molecular weight is 465 g/mol. The minimum atomic E-state index is -0.451. The maximum atomic E-state index is 11.2. The number of benzene rings is 2. The fourth-order valence-electron chi connectivity index (χ4n) is 3.16. The number of nitro benzene ring substituents is 1. The number of amides is 1. The van der Waals surface area contributed by atoms with E-state index in [2.05, 4.69) is 0 Å². The minimum absolute atomic E-state index is 0.0887. The summed E-state index contributed by atoms with van der Waals surface area (Å²) in [5.74, 6) is 1.13. The van der Waals surface area contributed by atoms with Crippen molar-refractivity contribution in [1.29, 1.82) is 0 Å². The second-order valence-corrected chi connectivity index (χ2v) is 10.2. The fraction of sp³-hybridized carbons (Fsp3) is 0.542. The van der Waals surface area contributed by atoms with Gasteiger partial charge in [-0.3, -0.25) is 14.9 Å². The van der Waals surface area contributed by atoms with E-state index in [1.807, 2.05) is 33.8 Å². The van der Waals surface area contributed by atoms with Gasteiger partial charge in [0.05, 0.1) is 18.6 Å². The van der Waals surface area contributed by atoms with Crippen LogP contribution >= 0.6 is 11.6 Å². The molecule has 0 atom stereocenters. The number of halogens is 1. The number of aryl methyl sites for hydroxylation is 1. The van der Waals surface area contributed by atoms with Crippen molar-refractivity contribution in [2.75, 3.05) is 26.8 Å². The molecule has 176 valence electrons. The quantitative estimate of drug-likeness (QED) is 0.226. The van der Waals surface area contributed by atoms with E-state index < -0.39 is 4.87 Å². The van der Waals surface area contributed by atoms with Gasteiger partial charge in [0.2, 0.25) is 6.41 Å². The number of carbonyl (C=O) groups excluding carboxylic acids is 1. The van der Waals surface area contributed by atoms with Gasteiger partial charge in [-0.25, -0.2) is 0 Å². The van der Waals surface area contributed by atoms with Crippen molar-refractivity contribution in [2.45, 2.75) is 52.3 Å². The van der Waals surface area contributed by atoms with E-state index in [0.717, 1.165) is 30.3 Å². The summed E-state index contributed by atoms with van der Waals surface area (Å²) in [4.78, 5) is 22.1. The molecule has 8 heteroatoms. The highest BCUT2D eigenvalue weighted by Crippen LogP contribution is 2.39. The van der Waals surface area contributed by atoms with Crippen LogP contribution in [0.1, 0.15) is 46.1 Å². The van der Waals surface area contributed by atoms with Crippen molar-refractivity contribution in [3.05, 3.63) is 39.9 Å². The summed E-state index contributed by atoms with van der Waals surface area (Å²) in [5.41, 5.74) is 0.414. The summed E-state index contributed by atoms with van der Waals surface area (Å²) >= 11 is 6.45. The Morgan fingerprint density at radius 2 is 1.66 bits per heavy atom. The molecule has 7 nitrogen and oxygen atoms in total. The van der Waals surface area contributed by atoms with Crippen LogP contribution in [0.4, 0.5) is 5.69 Å². The fourth-order valence-corrected chi connectivity index (χ4v) is 3.21. The van der Waals surface area contributed by atoms with Crippen molar-refractivity contribution in [1.82, 2.24) is 4.90 Å². The molecular weight excluding hydrogens is 432 g/mol. The molecule has 1 aliphatic heterocycles. The molecule has 0 aromatic heterocycles. The Morgan fingerprint density at radius 3 is 2.12 bits per heavy atom. The van der Waals surface area contributed by atoms with Crippen molar-refractivity contribution >= 4 is 34.5 Å². The summed E-state index contributed by atoms with van der Waals surface area (Å²) in [7, 11) is 1.57. The normalized spacial score (nSPS) is 14.0. The minimum Gasteiger partial charge on any atom is -0.493 e. The third-order valence-corrected chi connectivity index (χ3v) is 6.63. The highest BCUT2D eigenvalue weighted by Gasteiger charge is 2.36. The van der Waals surface area contributed by atoms with Crippen LogP contribution in [0.3, 0.4) is 0 Å². The van der Waals surface area contributed by atoms with Crippen LogP contribution in [-0.2, 0) is 4.79 Å². The molecular formula is C24H33ClN2O5. The van der Waals surface area contributed by atoms with Crippen molar-refractivity contribution in [2.24, 2.45) is 5.41 Å². The lowest BCUT2D eigenvalue weighted by molar-refractivity contribution is -0.385. The van der Waals surface area contributed by atoms with Crippen LogP contribution < -0.4 is 9.47 Å². The largest absolute Gasteiger partial charge is 0.493 e. The number of ether oxygens (including phenoxy) is 2. The van der Waals surface area contributed by atoms with Crippen LogP contribution in [0.5, 0.6) is 11.5 Å². The zero-order valence-electron chi connectivity index (χ0n) is 19.7. The topological polar surface area (TPSA) is 81.9 Å². The first-order chi connectivity index (χ1) is 14.9. The molecule has 1 aliphatic rings. The first-order valence-corrected chi connectivity index (χ1v) is 11.1. The number of methoxy groups -OCH3 is 1. The van der Waals surface area contributed by atoms with Gasteiger partial charge in [0.1, 0.15) is 0 Å². The van der Waals surface area contributed by atoms with E-state index in [9.17, 15) is 14.9 Å². The molecule has 3 rings (SSSR count). The molecule has 1 fully saturated rings. The Hall–Kier alpha value is -2.54. The van der Waals surface area contributed by atoms with Gasteiger partial charge in [-0.15, -0.1) is 11.6 Å². The number of nitrogens with zero attached hydrogens (tertiary/aromatic N) is 2. The zero-order valence-corrected chi connectivity index (χ0v) is 20.5. The number of likely N-dealkylation sites (tertiary alicyclic amines) is 1. The lowest BCUT2D eigenvalue weighted by atomic mass is 9.81. The van der Waals surface area contributed by atoms with Gasteiger partial charge in [-0.1, -0.05) is 13.8 Å². The van der Waals surface area contributed by atoms with E-state index in [1.165, 1.54) is 12.8 Å². The van der Waals surface area contributed by atoms with E-state index in [-0.39, 0.29) is 16.0 Å². The number of nitro groups is 1. The van der Waals surface area contributed by atoms with E-state index in [1.54, 1.807) is 37.1 Å². The molecule has 2 aromatic carbocycles. The molecule has 32 heavy (non-hydrogen) atoms. The number of hydrogen-bond acceptors (Lipinski definition) is 5. The second kappa shape index (κ2) is 10.4. The van der Waals surface area contributed by atoms with Gasteiger partial charge in [-0.05, 0) is 62.6 Å². The molecule has 1 heterocycles. The van der Waals surface area contributed by atoms with Crippen molar-refractivity contribution in [3.8, 4) is 11.5 Å². The van der Waals surface area contributed by atoms with E-state index >= 15 is 0 Å². The number of fused-ring (bicyclic) bond motifs is 1. The first kappa shape index (κ1) is 25.7. The second-order valence-electron chi connectivity index (χ2n) is 9.24. The molecule has 2 aromatic rings.